The van der Waals surface area contributed by atoms with Crippen LogP contribution in [0.25, 0.3) is 0 Å². The van der Waals surface area contributed by atoms with E-state index in [-0.39, 0.29) is 29.1 Å². The normalized spacial score (nSPS) is 22.0. The van der Waals surface area contributed by atoms with Crippen molar-refractivity contribution < 1.29 is 9.59 Å². The number of carbonyl (C=O) groups excluding carboxylic acids is 2. The maximum atomic E-state index is 13.9. The molecule has 0 N–H and O–H groups in total. The van der Waals surface area contributed by atoms with Crippen LogP contribution < -0.4 is 0 Å². The lowest BCUT2D eigenvalue weighted by Gasteiger charge is -2.36. The molecule has 1 saturated heterocycles. The van der Waals surface area contributed by atoms with E-state index >= 15 is 0 Å². The Balaban J connectivity index is 1.81. The third-order valence-electron chi connectivity index (χ3n) is 6.60. The monoisotopic (exact) mass is 459 g/mol. The first-order valence-corrected chi connectivity index (χ1v) is 13.3. The van der Waals surface area contributed by atoms with E-state index in [1.165, 1.54) is 6.42 Å². The average Bonchev–Trinajstić information content (AvgIpc) is 3.19. The van der Waals surface area contributed by atoms with Crippen LogP contribution in [-0.4, -0.2) is 70.9 Å². The molecule has 2 fully saturated rings. The molecule has 0 bridgehead atoms. The number of hydrogen-bond acceptors (Lipinski definition) is 4. The summed E-state index contributed by atoms with van der Waals surface area (Å²) in [5.41, 5.74) is 1.13. The molecule has 1 aromatic rings. The summed E-state index contributed by atoms with van der Waals surface area (Å²) in [5.74, 6) is 1.64. The lowest BCUT2D eigenvalue weighted by molar-refractivity contribution is -0.148. The van der Waals surface area contributed by atoms with E-state index in [0.29, 0.717) is 24.8 Å². The van der Waals surface area contributed by atoms with Crippen LogP contribution in [0.4, 0.5) is 0 Å². The largest absolute Gasteiger partial charge is 0.335 e. The van der Waals surface area contributed by atoms with E-state index in [9.17, 15) is 9.59 Å². The van der Waals surface area contributed by atoms with Crippen molar-refractivity contribution in [1.29, 1.82) is 0 Å². The maximum absolute atomic E-state index is 13.9. The summed E-state index contributed by atoms with van der Waals surface area (Å²) in [6.07, 6.45) is 6.39. The molecule has 1 aliphatic heterocycles. The molecule has 3 rings (SSSR count). The molecule has 2 aliphatic rings. The van der Waals surface area contributed by atoms with Crippen LogP contribution in [-0.2, 0) is 16.1 Å². The fourth-order valence-corrected chi connectivity index (χ4v) is 6.44. The highest BCUT2D eigenvalue weighted by Crippen LogP contribution is 2.37. The van der Waals surface area contributed by atoms with Crippen LogP contribution >= 0.6 is 11.8 Å². The number of amides is 2. The Kier molecular flexibility index (Phi) is 9.47. The number of likely N-dealkylation sites (N-methyl/N-ethyl adjacent to an activating group) is 1. The molecule has 1 heterocycles. The molecule has 6 heteroatoms. The zero-order chi connectivity index (χ0) is 23.1. The Morgan fingerprint density at radius 2 is 1.75 bits per heavy atom. The fourth-order valence-electron chi connectivity index (χ4n) is 4.80. The molecule has 32 heavy (non-hydrogen) atoms. The standard InChI is InChI=1S/C26H41N3O2S/c1-20(2)17-24-29(25(30)22-13-9-6-10-14-22)23(19-32-24)26(31)28(16-15-27(3)4)18-21-11-7-5-8-12-21/h5,7-8,11-12,20,22-24H,6,9-10,13-19H2,1-4H3. The van der Waals surface area contributed by atoms with Gasteiger partial charge in [-0.05, 0) is 44.8 Å². The van der Waals surface area contributed by atoms with Gasteiger partial charge >= 0.3 is 0 Å². The van der Waals surface area contributed by atoms with E-state index < -0.39 is 0 Å². The van der Waals surface area contributed by atoms with Gasteiger partial charge in [-0.25, -0.2) is 0 Å². The van der Waals surface area contributed by atoms with Crippen molar-refractivity contribution in [1.82, 2.24) is 14.7 Å². The molecule has 2 amide bonds. The molecule has 1 saturated carbocycles. The number of benzene rings is 1. The highest BCUT2D eigenvalue weighted by Gasteiger charge is 2.44. The summed E-state index contributed by atoms with van der Waals surface area (Å²) in [6.45, 7) is 6.48. The highest BCUT2D eigenvalue weighted by atomic mass is 32.2. The molecule has 1 aromatic carbocycles. The topological polar surface area (TPSA) is 43.9 Å². The summed E-state index contributed by atoms with van der Waals surface area (Å²) < 4.78 is 0. The van der Waals surface area contributed by atoms with Crippen LogP contribution in [0.3, 0.4) is 0 Å². The van der Waals surface area contributed by atoms with Crippen molar-refractivity contribution in [3.8, 4) is 0 Å². The molecule has 5 nitrogen and oxygen atoms in total. The van der Waals surface area contributed by atoms with Crippen molar-refractivity contribution >= 4 is 23.6 Å². The van der Waals surface area contributed by atoms with E-state index in [0.717, 1.165) is 44.2 Å². The van der Waals surface area contributed by atoms with Gasteiger partial charge in [0.1, 0.15) is 6.04 Å². The number of thioether (sulfide) groups is 1. The van der Waals surface area contributed by atoms with E-state index in [1.807, 2.05) is 42.1 Å². The van der Waals surface area contributed by atoms with Crippen LogP contribution in [0.15, 0.2) is 30.3 Å². The Bertz CT molecular complexity index is 734. The number of nitrogens with zero attached hydrogens (tertiary/aromatic N) is 3. The molecule has 2 unspecified atom stereocenters. The summed E-state index contributed by atoms with van der Waals surface area (Å²) in [4.78, 5) is 33.7. The molecule has 178 valence electrons. The average molecular weight is 460 g/mol. The zero-order valence-electron chi connectivity index (χ0n) is 20.3. The van der Waals surface area contributed by atoms with Gasteiger partial charge in [0.2, 0.25) is 11.8 Å². The summed E-state index contributed by atoms with van der Waals surface area (Å²) in [6, 6.07) is 9.85. The van der Waals surface area contributed by atoms with Gasteiger partial charge in [-0.2, -0.15) is 0 Å². The number of rotatable bonds is 9. The first-order valence-electron chi connectivity index (χ1n) is 12.3. The fraction of sp³-hybridized carbons (Fsp3) is 0.692. The van der Waals surface area contributed by atoms with Gasteiger partial charge in [-0.3, -0.25) is 9.59 Å². The summed E-state index contributed by atoms with van der Waals surface area (Å²) in [5, 5.41) is 0.116. The number of hydrogen-bond donors (Lipinski definition) is 0. The predicted molar refractivity (Wildman–Crippen MR) is 133 cm³/mol. The first-order chi connectivity index (χ1) is 15.4. The molecule has 1 aliphatic carbocycles. The highest BCUT2D eigenvalue weighted by molar-refractivity contribution is 8.00. The van der Waals surface area contributed by atoms with Crippen LogP contribution in [0.5, 0.6) is 0 Å². The minimum Gasteiger partial charge on any atom is -0.335 e. The third-order valence-corrected chi connectivity index (χ3v) is 7.92. The van der Waals surface area contributed by atoms with Crippen molar-refractivity contribution in [3.05, 3.63) is 35.9 Å². The Hall–Kier alpha value is -1.53. The van der Waals surface area contributed by atoms with Crippen LogP contribution in [0.1, 0.15) is 57.9 Å². The quantitative estimate of drug-likeness (QED) is 0.546. The van der Waals surface area contributed by atoms with Crippen molar-refractivity contribution in [3.63, 3.8) is 0 Å². The molecular weight excluding hydrogens is 418 g/mol. The van der Waals surface area contributed by atoms with Gasteiger partial charge < -0.3 is 14.7 Å². The molecule has 0 radical (unpaired) electrons. The van der Waals surface area contributed by atoms with Gasteiger partial charge in [0.15, 0.2) is 0 Å². The molecule has 0 spiro atoms. The maximum Gasteiger partial charge on any atom is 0.246 e. The van der Waals surface area contributed by atoms with Gasteiger partial charge in [-0.15, -0.1) is 11.8 Å². The van der Waals surface area contributed by atoms with Gasteiger partial charge in [-0.1, -0.05) is 63.4 Å². The van der Waals surface area contributed by atoms with Gasteiger partial charge in [0.25, 0.3) is 0 Å². The summed E-state index contributed by atoms with van der Waals surface area (Å²) in [7, 11) is 4.07. The molecular formula is C26H41N3O2S. The predicted octanol–water partition coefficient (Wildman–Crippen LogP) is 4.47. The Labute approximate surface area is 198 Å². The van der Waals surface area contributed by atoms with Crippen LogP contribution in [0.2, 0.25) is 0 Å². The summed E-state index contributed by atoms with van der Waals surface area (Å²) >= 11 is 1.80. The van der Waals surface area contributed by atoms with E-state index in [1.54, 1.807) is 11.8 Å². The Morgan fingerprint density at radius 3 is 2.38 bits per heavy atom. The minimum absolute atomic E-state index is 0.0942. The minimum atomic E-state index is -0.343. The van der Waals surface area contributed by atoms with Crippen molar-refractivity contribution in [2.24, 2.45) is 11.8 Å². The van der Waals surface area contributed by atoms with E-state index in [4.69, 9.17) is 0 Å². The zero-order valence-corrected chi connectivity index (χ0v) is 21.2. The second-order valence-electron chi connectivity index (χ2n) is 10.1. The lowest BCUT2D eigenvalue weighted by atomic mass is 9.87. The SMILES string of the molecule is CC(C)CC1SCC(C(=O)N(CCN(C)C)Cc2ccccc2)N1C(=O)C1CCCCC1. The molecule has 0 aromatic heterocycles. The second kappa shape index (κ2) is 12.1. The van der Waals surface area contributed by atoms with Crippen molar-refractivity contribution in [2.75, 3.05) is 32.9 Å². The second-order valence-corrected chi connectivity index (χ2v) is 11.3. The number of carbonyl (C=O) groups is 2. The first kappa shape index (κ1) is 25.1. The van der Waals surface area contributed by atoms with Crippen LogP contribution in [0, 0.1) is 11.8 Å². The van der Waals surface area contributed by atoms with Gasteiger partial charge in [0.05, 0.1) is 5.37 Å². The Morgan fingerprint density at radius 1 is 1.06 bits per heavy atom. The molecule has 2 atom stereocenters. The van der Waals surface area contributed by atoms with Crippen molar-refractivity contribution in [2.45, 2.75) is 70.3 Å². The lowest BCUT2D eigenvalue weighted by Crippen LogP contribution is -2.53. The van der Waals surface area contributed by atoms with E-state index in [2.05, 4.69) is 30.9 Å². The smallest absolute Gasteiger partial charge is 0.246 e. The van der Waals surface area contributed by atoms with Gasteiger partial charge in [0, 0.05) is 31.3 Å². The third kappa shape index (κ3) is 6.74.